The van der Waals surface area contributed by atoms with Crippen LogP contribution in [0.1, 0.15) is 5.56 Å². The Morgan fingerprint density at radius 3 is 2.67 bits per heavy atom. The molecule has 2 atom stereocenters. The van der Waals surface area contributed by atoms with E-state index < -0.39 is 0 Å². The highest BCUT2D eigenvalue weighted by Gasteiger charge is 2.27. The summed E-state index contributed by atoms with van der Waals surface area (Å²) in [5.74, 6) is 0. The second-order valence-corrected chi connectivity index (χ2v) is 4.77. The molecule has 0 saturated carbocycles. The quantitative estimate of drug-likeness (QED) is 0.906. The molecule has 6 heteroatoms. The van der Waals surface area contributed by atoms with E-state index in [2.05, 4.69) is 16.0 Å². The van der Waals surface area contributed by atoms with Crippen molar-refractivity contribution in [1.29, 1.82) is 5.26 Å². The molecule has 2 N–H and O–H groups in total. The summed E-state index contributed by atoms with van der Waals surface area (Å²) in [5.41, 5.74) is 8.00. The predicted octanol–water partition coefficient (Wildman–Crippen LogP) is 1.12. The van der Waals surface area contributed by atoms with Gasteiger partial charge in [0.1, 0.15) is 6.10 Å². The number of nitriles is 1. The molecule has 1 aromatic heterocycles. The van der Waals surface area contributed by atoms with Gasteiger partial charge in [-0.05, 0) is 6.07 Å². The molecule has 21 heavy (non-hydrogen) atoms. The van der Waals surface area contributed by atoms with Crippen molar-refractivity contribution in [2.24, 2.45) is 5.73 Å². The highest BCUT2D eigenvalue weighted by Crippen LogP contribution is 2.22. The second-order valence-electron chi connectivity index (χ2n) is 4.77. The summed E-state index contributed by atoms with van der Waals surface area (Å²) in [6.45, 7) is 0.932. The molecule has 2 heterocycles. The zero-order valence-electron chi connectivity index (χ0n) is 11.3. The van der Waals surface area contributed by atoms with Gasteiger partial charge in [-0.3, -0.25) is 0 Å². The minimum Gasteiger partial charge on any atom is -0.456 e. The summed E-state index contributed by atoms with van der Waals surface area (Å²) >= 11 is 0. The summed E-state index contributed by atoms with van der Waals surface area (Å²) in [5, 5.41) is 9.11. The number of hydrogen-bond donors (Lipinski definition) is 1. The molecule has 2 unspecified atom stereocenters. The first-order valence-corrected chi connectivity index (χ1v) is 6.59. The Bertz CT molecular complexity index is 666. The number of rotatable bonds is 3. The Labute approximate surface area is 122 Å². The third-order valence-electron chi connectivity index (χ3n) is 3.31. The van der Waals surface area contributed by atoms with Crippen LogP contribution in [-0.4, -0.2) is 35.3 Å². The molecule has 1 aliphatic heterocycles. The first kappa shape index (κ1) is 13.5. The van der Waals surface area contributed by atoms with Gasteiger partial charge in [-0.2, -0.15) is 5.26 Å². The van der Waals surface area contributed by atoms with Crippen LogP contribution in [0.5, 0.6) is 6.01 Å². The summed E-state index contributed by atoms with van der Waals surface area (Å²) in [6.07, 6.45) is 3.06. The molecule has 1 aliphatic rings. The number of benzene rings is 1. The van der Waals surface area contributed by atoms with Gasteiger partial charge in [0.05, 0.1) is 30.9 Å². The van der Waals surface area contributed by atoms with Gasteiger partial charge in [-0.1, -0.05) is 18.2 Å². The maximum Gasteiger partial charge on any atom is 0.316 e. The van der Waals surface area contributed by atoms with Crippen molar-refractivity contribution in [3.05, 3.63) is 42.2 Å². The summed E-state index contributed by atoms with van der Waals surface area (Å²) < 4.78 is 10.8. The fourth-order valence-electron chi connectivity index (χ4n) is 2.16. The lowest BCUT2D eigenvalue weighted by Gasteiger charge is -2.14. The molecule has 0 bridgehead atoms. The van der Waals surface area contributed by atoms with E-state index in [1.54, 1.807) is 18.5 Å². The van der Waals surface area contributed by atoms with Crippen LogP contribution in [-0.2, 0) is 4.74 Å². The normalized spacial score (nSPS) is 21.0. The van der Waals surface area contributed by atoms with Crippen LogP contribution in [0, 0.1) is 11.3 Å². The Hall–Kier alpha value is -2.49. The van der Waals surface area contributed by atoms with Gasteiger partial charge in [0.15, 0.2) is 0 Å². The molecule has 0 amide bonds. The maximum atomic E-state index is 9.11. The highest BCUT2D eigenvalue weighted by atomic mass is 16.6. The lowest BCUT2D eigenvalue weighted by molar-refractivity contribution is 0.132. The largest absolute Gasteiger partial charge is 0.456 e. The molecule has 106 valence electrons. The zero-order valence-corrected chi connectivity index (χ0v) is 11.3. The zero-order chi connectivity index (χ0) is 14.7. The summed E-state index contributed by atoms with van der Waals surface area (Å²) in [6, 6.07) is 9.57. The minimum atomic E-state index is -0.220. The van der Waals surface area contributed by atoms with Crippen molar-refractivity contribution in [2.45, 2.75) is 12.1 Å². The monoisotopic (exact) mass is 282 g/mol. The molecule has 2 aromatic rings. The average Bonchev–Trinajstić information content (AvgIpc) is 2.93. The number of nitrogens with two attached hydrogens (primary N) is 1. The second kappa shape index (κ2) is 5.87. The van der Waals surface area contributed by atoms with Crippen molar-refractivity contribution in [3.8, 4) is 23.2 Å². The third-order valence-corrected chi connectivity index (χ3v) is 3.31. The van der Waals surface area contributed by atoms with Gasteiger partial charge < -0.3 is 15.2 Å². The molecule has 6 nitrogen and oxygen atoms in total. The summed E-state index contributed by atoms with van der Waals surface area (Å²) in [7, 11) is 0. The van der Waals surface area contributed by atoms with Crippen molar-refractivity contribution in [3.63, 3.8) is 0 Å². The van der Waals surface area contributed by atoms with Gasteiger partial charge in [0, 0.05) is 23.5 Å². The number of ether oxygens (including phenoxy) is 2. The van der Waals surface area contributed by atoms with Crippen LogP contribution in [0.15, 0.2) is 36.7 Å². The maximum absolute atomic E-state index is 9.11. The van der Waals surface area contributed by atoms with Gasteiger partial charge in [0.2, 0.25) is 0 Å². The van der Waals surface area contributed by atoms with Gasteiger partial charge in [-0.15, -0.1) is 0 Å². The molecule has 0 aliphatic carbocycles. The molecule has 3 rings (SSSR count). The molecular weight excluding hydrogens is 268 g/mol. The van der Waals surface area contributed by atoms with Crippen molar-refractivity contribution in [1.82, 2.24) is 9.97 Å². The van der Waals surface area contributed by atoms with Crippen molar-refractivity contribution >= 4 is 0 Å². The lowest BCUT2D eigenvalue weighted by Crippen LogP contribution is -2.37. The summed E-state index contributed by atoms with van der Waals surface area (Å²) in [4.78, 5) is 8.35. The lowest BCUT2D eigenvalue weighted by atomic mass is 10.0. The first-order chi connectivity index (χ1) is 10.3. The van der Waals surface area contributed by atoms with E-state index in [1.165, 1.54) is 0 Å². The molecule has 1 saturated heterocycles. The number of nitrogens with zero attached hydrogens (tertiary/aromatic N) is 3. The van der Waals surface area contributed by atoms with E-state index in [1.807, 2.05) is 18.2 Å². The van der Waals surface area contributed by atoms with Crippen LogP contribution in [0.25, 0.3) is 11.1 Å². The van der Waals surface area contributed by atoms with Gasteiger partial charge in [0.25, 0.3) is 0 Å². The standard InChI is InChI=1S/C15H14N4O2/c16-5-10-3-1-2-4-12(10)11-6-18-15(19-7-11)21-14-9-20-8-13(14)17/h1-4,6-7,13-14H,8-9,17H2. The number of aromatic nitrogens is 2. The van der Waals surface area contributed by atoms with Crippen molar-refractivity contribution < 1.29 is 9.47 Å². The molecular formula is C15H14N4O2. The Morgan fingerprint density at radius 1 is 1.24 bits per heavy atom. The Morgan fingerprint density at radius 2 is 2.00 bits per heavy atom. The van der Waals surface area contributed by atoms with Crippen LogP contribution >= 0.6 is 0 Å². The molecule has 1 fully saturated rings. The first-order valence-electron chi connectivity index (χ1n) is 6.59. The van der Waals surface area contributed by atoms with E-state index in [-0.39, 0.29) is 18.2 Å². The third kappa shape index (κ3) is 2.84. The SMILES string of the molecule is N#Cc1ccccc1-c1cnc(OC2COCC2N)nc1. The fourth-order valence-corrected chi connectivity index (χ4v) is 2.16. The van der Waals surface area contributed by atoms with Crippen LogP contribution in [0.4, 0.5) is 0 Å². The van der Waals surface area contributed by atoms with E-state index in [4.69, 9.17) is 20.5 Å². The number of hydrogen-bond acceptors (Lipinski definition) is 6. The predicted molar refractivity (Wildman–Crippen MR) is 75.4 cm³/mol. The van der Waals surface area contributed by atoms with Crippen LogP contribution < -0.4 is 10.5 Å². The average molecular weight is 282 g/mol. The topological polar surface area (TPSA) is 94.0 Å². The van der Waals surface area contributed by atoms with Gasteiger partial charge in [-0.25, -0.2) is 9.97 Å². The fraction of sp³-hybridized carbons (Fsp3) is 0.267. The van der Waals surface area contributed by atoms with Crippen molar-refractivity contribution in [2.75, 3.05) is 13.2 Å². The van der Waals surface area contributed by atoms with Crippen LogP contribution in [0.2, 0.25) is 0 Å². The minimum absolute atomic E-state index is 0.160. The van der Waals surface area contributed by atoms with E-state index in [9.17, 15) is 0 Å². The van der Waals surface area contributed by atoms with E-state index >= 15 is 0 Å². The van der Waals surface area contributed by atoms with Gasteiger partial charge >= 0.3 is 6.01 Å². The van der Waals surface area contributed by atoms with Crippen LogP contribution in [0.3, 0.4) is 0 Å². The molecule has 0 radical (unpaired) electrons. The molecule has 1 aromatic carbocycles. The van der Waals surface area contributed by atoms with E-state index in [0.29, 0.717) is 18.8 Å². The van der Waals surface area contributed by atoms with E-state index in [0.717, 1.165) is 11.1 Å². The Balaban J connectivity index is 1.79. The Kier molecular flexibility index (Phi) is 3.77. The highest BCUT2D eigenvalue weighted by molar-refractivity contribution is 5.68. The smallest absolute Gasteiger partial charge is 0.316 e. The molecule has 0 spiro atoms.